The van der Waals surface area contributed by atoms with E-state index in [1.54, 1.807) is 24.3 Å². The Morgan fingerprint density at radius 3 is 2.60 bits per heavy atom. The number of unbranched alkanes of at least 4 members (excludes halogenated alkanes) is 1. The van der Waals surface area contributed by atoms with E-state index in [9.17, 15) is 4.79 Å². The number of benzene rings is 2. The summed E-state index contributed by atoms with van der Waals surface area (Å²) < 4.78 is 5.29. The van der Waals surface area contributed by atoms with Crippen molar-refractivity contribution in [2.24, 2.45) is 4.99 Å². The highest BCUT2D eigenvalue weighted by molar-refractivity contribution is 6.43. The number of carbonyl (C=O) groups excluding carboxylic acids is 1. The average Bonchev–Trinajstić information content (AvgIpc) is 2.98. The van der Waals surface area contributed by atoms with Crippen LogP contribution in [0.25, 0.3) is 6.08 Å². The van der Waals surface area contributed by atoms with Crippen molar-refractivity contribution in [3.8, 4) is 0 Å². The fourth-order valence-electron chi connectivity index (χ4n) is 2.51. The second-order valence-corrected chi connectivity index (χ2v) is 6.56. The molecule has 0 atom stereocenters. The summed E-state index contributed by atoms with van der Waals surface area (Å²) in [7, 11) is 0. The number of ether oxygens (including phenoxy) is 1. The van der Waals surface area contributed by atoms with Crippen molar-refractivity contribution in [2.45, 2.75) is 26.2 Å². The van der Waals surface area contributed by atoms with E-state index in [1.165, 1.54) is 5.56 Å². The summed E-state index contributed by atoms with van der Waals surface area (Å²) in [6.45, 7) is 2.17. The molecule has 2 aromatic rings. The number of halogens is 2. The van der Waals surface area contributed by atoms with Gasteiger partial charge < -0.3 is 4.74 Å². The summed E-state index contributed by atoms with van der Waals surface area (Å²) >= 11 is 12.2. The van der Waals surface area contributed by atoms with Crippen LogP contribution < -0.4 is 0 Å². The molecule has 2 aromatic carbocycles. The van der Waals surface area contributed by atoms with Crippen LogP contribution in [0.1, 0.15) is 36.5 Å². The number of rotatable bonds is 5. The van der Waals surface area contributed by atoms with E-state index in [-0.39, 0.29) is 5.70 Å². The second kappa shape index (κ2) is 7.85. The molecule has 0 saturated heterocycles. The molecule has 0 aliphatic carbocycles. The van der Waals surface area contributed by atoms with E-state index in [0.717, 1.165) is 24.8 Å². The van der Waals surface area contributed by atoms with Crippen LogP contribution in [0.4, 0.5) is 0 Å². The van der Waals surface area contributed by atoms with E-state index >= 15 is 0 Å². The molecule has 25 heavy (non-hydrogen) atoms. The lowest BCUT2D eigenvalue weighted by molar-refractivity contribution is -0.129. The highest BCUT2D eigenvalue weighted by atomic mass is 35.5. The third kappa shape index (κ3) is 4.12. The maximum atomic E-state index is 12.1. The zero-order valence-corrected chi connectivity index (χ0v) is 15.3. The number of hydrogen-bond acceptors (Lipinski definition) is 3. The van der Waals surface area contributed by atoms with Crippen molar-refractivity contribution in [1.82, 2.24) is 0 Å². The highest BCUT2D eigenvalue weighted by Gasteiger charge is 2.24. The van der Waals surface area contributed by atoms with Gasteiger partial charge in [-0.25, -0.2) is 9.79 Å². The molecular weight excluding hydrogens is 357 g/mol. The van der Waals surface area contributed by atoms with Crippen LogP contribution in [0, 0.1) is 0 Å². The van der Waals surface area contributed by atoms with Crippen LogP contribution in [0.3, 0.4) is 0 Å². The molecule has 0 N–H and O–H groups in total. The largest absolute Gasteiger partial charge is 0.402 e. The smallest absolute Gasteiger partial charge is 0.363 e. The topological polar surface area (TPSA) is 38.7 Å². The molecule has 0 fully saturated rings. The Kier molecular flexibility index (Phi) is 5.57. The quantitative estimate of drug-likeness (QED) is 0.499. The van der Waals surface area contributed by atoms with Crippen LogP contribution in [-0.2, 0) is 16.0 Å². The molecule has 5 heteroatoms. The van der Waals surface area contributed by atoms with Gasteiger partial charge in [-0.05, 0) is 48.2 Å². The van der Waals surface area contributed by atoms with Gasteiger partial charge in [0.1, 0.15) is 0 Å². The van der Waals surface area contributed by atoms with Crippen molar-refractivity contribution in [3.05, 3.63) is 74.9 Å². The molecule has 3 nitrogen and oxygen atoms in total. The van der Waals surface area contributed by atoms with Crippen molar-refractivity contribution < 1.29 is 9.53 Å². The first-order valence-corrected chi connectivity index (χ1v) is 8.90. The molecule has 3 rings (SSSR count). The third-order valence-electron chi connectivity index (χ3n) is 3.91. The molecule has 0 saturated carbocycles. The second-order valence-electron chi connectivity index (χ2n) is 5.78. The minimum Gasteiger partial charge on any atom is -0.402 e. The monoisotopic (exact) mass is 373 g/mol. The van der Waals surface area contributed by atoms with Gasteiger partial charge in [-0.3, -0.25) is 0 Å². The molecule has 0 spiro atoms. The van der Waals surface area contributed by atoms with Gasteiger partial charge >= 0.3 is 5.97 Å². The molecule has 0 radical (unpaired) electrons. The Bertz CT molecular complexity index is 854. The molecule has 0 bridgehead atoms. The standard InChI is InChI=1S/C20H17Cl2NO2/c1-2-3-5-13-8-10-14(11-9-13)19-23-17(20(24)25-19)12-15-6-4-7-16(21)18(15)22/h4,6-12H,2-3,5H2,1H3. The zero-order valence-electron chi connectivity index (χ0n) is 13.8. The molecule has 0 aromatic heterocycles. The lowest BCUT2D eigenvalue weighted by Crippen LogP contribution is -2.05. The van der Waals surface area contributed by atoms with Crippen LogP contribution in [-0.4, -0.2) is 11.9 Å². The van der Waals surface area contributed by atoms with Crippen molar-refractivity contribution in [3.63, 3.8) is 0 Å². The lowest BCUT2D eigenvalue weighted by atomic mass is 10.1. The molecule has 1 heterocycles. The van der Waals surface area contributed by atoms with Gasteiger partial charge in [0, 0.05) is 5.56 Å². The Balaban J connectivity index is 1.85. The first-order valence-electron chi connectivity index (χ1n) is 8.14. The summed E-state index contributed by atoms with van der Waals surface area (Å²) in [6.07, 6.45) is 4.94. The van der Waals surface area contributed by atoms with Gasteiger partial charge in [-0.1, -0.05) is 60.8 Å². The summed E-state index contributed by atoms with van der Waals surface area (Å²) in [5, 5.41) is 0.808. The first kappa shape index (κ1) is 17.7. The van der Waals surface area contributed by atoms with E-state index in [4.69, 9.17) is 27.9 Å². The molecule has 128 valence electrons. The predicted molar refractivity (Wildman–Crippen MR) is 102 cm³/mol. The highest BCUT2D eigenvalue weighted by Crippen LogP contribution is 2.28. The minimum absolute atomic E-state index is 0.203. The number of cyclic esters (lactones) is 1. The normalized spacial score (nSPS) is 15.4. The van der Waals surface area contributed by atoms with Crippen molar-refractivity contribution in [1.29, 1.82) is 0 Å². The van der Waals surface area contributed by atoms with Crippen LogP contribution in [0.5, 0.6) is 0 Å². The summed E-state index contributed by atoms with van der Waals surface area (Å²) in [4.78, 5) is 16.4. The van der Waals surface area contributed by atoms with Gasteiger partial charge in [0.15, 0.2) is 5.70 Å². The van der Waals surface area contributed by atoms with Crippen molar-refractivity contribution in [2.75, 3.05) is 0 Å². The zero-order chi connectivity index (χ0) is 17.8. The van der Waals surface area contributed by atoms with Gasteiger partial charge in [0.2, 0.25) is 5.90 Å². The van der Waals surface area contributed by atoms with Crippen LogP contribution in [0.15, 0.2) is 53.2 Å². The number of hydrogen-bond donors (Lipinski definition) is 0. The molecule has 0 amide bonds. The maximum absolute atomic E-state index is 12.1. The summed E-state index contributed by atoms with van der Waals surface area (Å²) in [6, 6.07) is 13.1. The average molecular weight is 374 g/mol. The van der Waals surface area contributed by atoms with Gasteiger partial charge in [-0.2, -0.15) is 0 Å². The number of carbonyl (C=O) groups is 1. The number of esters is 1. The number of aryl methyl sites for hydroxylation is 1. The van der Waals surface area contributed by atoms with Crippen LogP contribution >= 0.6 is 23.2 Å². The Morgan fingerprint density at radius 1 is 1.12 bits per heavy atom. The third-order valence-corrected chi connectivity index (χ3v) is 4.75. The molecule has 0 unspecified atom stereocenters. The van der Waals surface area contributed by atoms with Crippen molar-refractivity contribution >= 4 is 41.1 Å². The predicted octanol–water partition coefficient (Wildman–Crippen LogP) is 5.68. The van der Waals surface area contributed by atoms with E-state index in [1.807, 2.05) is 24.3 Å². The minimum atomic E-state index is -0.499. The maximum Gasteiger partial charge on any atom is 0.363 e. The first-order chi connectivity index (χ1) is 12.1. The summed E-state index contributed by atoms with van der Waals surface area (Å²) in [5.41, 5.74) is 2.86. The van der Waals surface area contributed by atoms with Gasteiger partial charge in [0.05, 0.1) is 10.0 Å². The SMILES string of the molecule is CCCCc1ccc(C2=NC(=Cc3cccc(Cl)c3Cl)C(=O)O2)cc1. The number of nitrogens with zero attached hydrogens (tertiary/aromatic N) is 1. The fraction of sp³-hybridized carbons (Fsp3) is 0.200. The summed E-state index contributed by atoms with van der Waals surface area (Å²) in [5.74, 6) is -0.197. The Labute approximate surface area is 156 Å². The Hall–Kier alpha value is -2.10. The fourth-order valence-corrected chi connectivity index (χ4v) is 2.87. The molecule has 1 aliphatic heterocycles. The Morgan fingerprint density at radius 2 is 1.88 bits per heavy atom. The molecule has 1 aliphatic rings. The van der Waals surface area contributed by atoms with E-state index in [2.05, 4.69) is 11.9 Å². The van der Waals surface area contributed by atoms with Crippen LogP contribution in [0.2, 0.25) is 10.0 Å². The lowest BCUT2D eigenvalue weighted by Gasteiger charge is -2.02. The molecular formula is C20H17Cl2NO2. The van der Waals surface area contributed by atoms with E-state index < -0.39 is 5.97 Å². The van der Waals surface area contributed by atoms with Gasteiger partial charge in [-0.15, -0.1) is 0 Å². The van der Waals surface area contributed by atoms with E-state index in [0.29, 0.717) is 21.5 Å². The van der Waals surface area contributed by atoms with Gasteiger partial charge in [0.25, 0.3) is 0 Å². The number of aliphatic imine (C=N–C) groups is 1.